The van der Waals surface area contributed by atoms with Crippen LogP contribution in [0.4, 0.5) is 5.13 Å². The van der Waals surface area contributed by atoms with E-state index >= 15 is 0 Å². The van der Waals surface area contributed by atoms with Crippen molar-refractivity contribution in [3.8, 4) is 10.7 Å². The summed E-state index contributed by atoms with van der Waals surface area (Å²) < 4.78 is 0. The summed E-state index contributed by atoms with van der Waals surface area (Å²) in [5.41, 5.74) is 8.29. The number of fused-ring (bicyclic) bond motifs is 3. The number of pyridine rings is 1. The van der Waals surface area contributed by atoms with E-state index in [2.05, 4.69) is 24.9 Å². The zero-order valence-corrected chi connectivity index (χ0v) is 9.95. The average molecular weight is 256 g/mol. The topological polar surface area (TPSA) is 96.3 Å². The number of hydrogen-bond donors (Lipinski definition) is 3. The van der Waals surface area contributed by atoms with Gasteiger partial charge in [0.05, 0.1) is 22.8 Å². The van der Waals surface area contributed by atoms with Crippen LogP contribution in [0.15, 0.2) is 24.7 Å². The lowest BCUT2D eigenvalue weighted by Crippen LogP contribution is -1.77. The van der Waals surface area contributed by atoms with Crippen LogP contribution in [0, 0.1) is 0 Å². The maximum atomic E-state index is 5.63. The molecule has 7 heteroatoms. The van der Waals surface area contributed by atoms with Crippen molar-refractivity contribution in [1.82, 2.24) is 24.9 Å². The monoisotopic (exact) mass is 256 g/mol. The van der Waals surface area contributed by atoms with Crippen LogP contribution in [0.2, 0.25) is 0 Å². The molecular formula is C11H8N6S. The third-order valence-electron chi connectivity index (χ3n) is 2.80. The fourth-order valence-electron chi connectivity index (χ4n) is 1.99. The second-order valence-electron chi connectivity index (χ2n) is 3.91. The van der Waals surface area contributed by atoms with Gasteiger partial charge in [-0.3, -0.25) is 0 Å². The van der Waals surface area contributed by atoms with E-state index in [0.29, 0.717) is 5.13 Å². The Kier molecular flexibility index (Phi) is 1.76. The lowest BCUT2D eigenvalue weighted by atomic mass is 10.3. The fourth-order valence-corrected chi connectivity index (χ4v) is 2.62. The van der Waals surface area contributed by atoms with Crippen LogP contribution in [0.5, 0.6) is 0 Å². The molecule has 0 atom stereocenters. The van der Waals surface area contributed by atoms with Crippen LogP contribution in [0.25, 0.3) is 32.8 Å². The van der Waals surface area contributed by atoms with Gasteiger partial charge in [-0.15, -0.1) is 0 Å². The molecule has 4 aromatic rings. The Balaban J connectivity index is 2.03. The molecule has 0 fully saturated rings. The fraction of sp³-hybridized carbons (Fsp3) is 0. The first-order chi connectivity index (χ1) is 8.81. The Labute approximate surface area is 105 Å². The van der Waals surface area contributed by atoms with Crippen molar-refractivity contribution in [2.24, 2.45) is 0 Å². The lowest BCUT2D eigenvalue weighted by Gasteiger charge is -1.89. The highest BCUT2D eigenvalue weighted by Crippen LogP contribution is 2.28. The van der Waals surface area contributed by atoms with Gasteiger partial charge in [-0.2, -0.15) is 0 Å². The number of nitrogens with zero attached hydrogens (tertiary/aromatic N) is 3. The Hall–Kier alpha value is -2.41. The van der Waals surface area contributed by atoms with Gasteiger partial charge in [0.1, 0.15) is 17.0 Å². The first-order valence-electron chi connectivity index (χ1n) is 5.35. The summed E-state index contributed by atoms with van der Waals surface area (Å²) >= 11 is 1.41. The van der Waals surface area contributed by atoms with Gasteiger partial charge >= 0.3 is 0 Å². The Morgan fingerprint density at radius 1 is 1.22 bits per heavy atom. The number of hydrogen-bond acceptors (Lipinski definition) is 5. The molecule has 0 unspecified atom stereocenters. The highest BCUT2D eigenvalue weighted by molar-refractivity contribution is 7.18. The van der Waals surface area contributed by atoms with Gasteiger partial charge < -0.3 is 15.7 Å². The quantitative estimate of drug-likeness (QED) is 0.486. The number of anilines is 1. The second-order valence-corrected chi connectivity index (χ2v) is 4.97. The van der Waals surface area contributed by atoms with Gasteiger partial charge in [0.15, 0.2) is 5.13 Å². The van der Waals surface area contributed by atoms with E-state index in [1.54, 1.807) is 12.4 Å². The predicted octanol–water partition coefficient (Wildman–Crippen LogP) is 2.14. The molecule has 0 saturated carbocycles. The molecule has 4 aromatic heterocycles. The van der Waals surface area contributed by atoms with Gasteiger partial charge in [0.25, 0.3) is 0 Å². The molecule has 4 heterocycles. The molecule has 0 aromatic carbocycles. The molecule has 0 bridgehead atoms. The van der Waals surface area contributed by atoms with Crippen molar-refractivity contribution in [2.45, 2.75) is 0 Å². The number of aromatic amines is 2. The Morgan fingerprint density at radius 2 is 2.17 bits per heavy atom. The SMILES string of the molecule is Nc1ncc(-c2nc3cnc4[nH]ccc4c3[nH]2)s1. The zero-order chi connectivity index (χ0) is 12.1. The summed E-state index contributed by atoms with van der Waals surface area (Å²) in [6.07, 6.45) is 5.33. The average Bonchev–Trinajstić information content (AvgIpc) is 3.04. The van der Waals surface area contributed by atoms with Crippen molar-refractivity contribution in [3.05, 3.63) is 24.7 Å². The number of thiazole rings is 1. The van der Waals surface area contributed by atoms with Crippen LogP contribution in [0.1, 0.15) is 0 Å². The Bertz CT molecular complexity index is 855. The molecule has 0 spiro atoms. The number of nitrogens with two attached hydrogens (primary N) is 1. The molecular weight excluding hydrogens is 248 g/mol. The summed E-state index contributed by atoms with van der Waals surface area (Å²) in [6, 6.07) is 1.98. The minimum absolute atomic E-state index is 0.537. The van der Waals surface area contributed by atoms with Crippen LogP contribution in [-0.4, -0.2) is 24.9 Å². The largest absolute Gasteiger partial charge is 0.375 e. The normalized spacial score (nSPS) is 11.6. The summed E-state index contributed by atoms with van der Waals surface area (Å²) in [4.78, 5) is 20.1. The van der Waals surface area contributed by atoms with E-state index in [9.17, 15) is 0 Å². The van der Waals surface area contributed by atoms with E-state index in [4.69, 9.17) is 5.73 Å². The number of imidazole rings is 1. The predicted molar refractivity (Wildman–Crippen MR) is 71.3 cm³/mol. The van der Waals surface area contributed by atoms with Crippen molar-refractivity contribution in [2.75, 3.05) is 5.73 Å². The maximum Gasteiger partial charge on any atom is 0.180 e. The molecule has 18 heavy (non-hydrogen) atoms. The van der Waals surface area contributed by atoms with Crippen molar-refractivity contribution in [1.29, 1.82) is 0 Å². The molecule has 0 aliphatic heterocycles. The Morgan fingerprint density at radius 3 is 3.00 bits per heavy atom. The minimum Gasteiger partial charge on any atom is -0.375 e. The number of nitrogens with one attached hydrogen (secondary N) is 2. The maximum absolute atomic E-state index is 5.63. The van der Waals surface area contributed by atoms with E-state index in [1.165, 1.54) is 11.3 Å². The number of H-pyrrole nitrogens is 2. The molecule has 0 amide bonds. The van der Waals surface area contributed by atoms with E-state index in [1.807, 2.05) is 12.3 Å². The van der Waals surface area contributed by atoms with Crippen LogP contribution < -0.4 is 5.73 Å². The number of nitrogen functional groups attached to an aromatic ring is 1. The summed E-state index contributed by atoms with van der Waals surface area (Å²) in [5, 5.41) is 1.57. The first kappa shape index (κ1) is 9.60. The third-order valence-corrected chi connectivity index (χ3v) is 3.63. The van der Waals surface area contributed by atoms with Crippen molar-refractivity contribution >= 4 is 38.5 Å². The van der Waals surface area contributed by atoms with E-state index < -0.39 is 0 Å². The van der Waals surface area contributed by atoms with Crippen molar-refractivity contribution < 1.29 is 0 Å². The van der Waals surface area contributed by atoms with Gasteiger partial charge in [-0.05, 0) is 6.07 Å². The van der Waals surface area contributed by atoms with E-state index in [-0.39, 0.29) is 0 Å². The second kappa shape index (κ2) is 3.30. The van der Waals surface area contributed by atoms with Gasteiger partial charge in [-0.25, -0.2) is 15.0 Å². The molecule has 0 radical (unpaired) electrons. The molecule has 4 rings (SSSR count). The summed E-state index contributed by atoms with van der Waals surface area (Å²) in [7, 11) is 0. The highest BCUT2D eigenvalue weighted by atomic mass is 32.1. The molecule has 0 saturated heterocycles. The number of rotatable bonds is 1. The van der Waals surface area contributed by atoms with Gasteiger partial charge in [-0.1, -0.05) is 11.3 Å². The zero-order valence-electron chi connectivity index (χ0n) is 9.14. The molecule has 4 N–H and O–H groups in total. The van der Waals surface area contributed by atoms with Gasteiger partial charge in [0, 0.05) is 11.6 Å². The van der Waals surface area contributed by atoms with E-state index in [0.717, 1.165) is 32.8 Å². The molecule has 0 aliphatic carbocycles. The first-order valence-corrected chi connectivity index (χ1v) is 6.16. The smallest absolute Gasteiger partial charge is 0.180 e. The van der Waals surface area contributed by atoms with Gasteiger partial charge in [0.2, 0.25) is 0 Å². The molecule has 6 nitrogen and oxygen atoms in total. The molecule has 0 aliphatic rings. The highest BCUT2D eigenvalue weighted by Gasteiger charge is 2.11. The molecule has 88 valence electrons. The van der Waals surface area contributed by atoms with Crippen LogP contribution in [-0.2, 0) is 0 Å². The number of aromatic nitrogens is 5. The third kappa shape index (κ3) is 1.25. The summed E-state index contributed by atoms with van der Waals surface area (Å²) in [6.45, 7) is 0. The van der Waals surface area contributed by atoms with Crippen LogP contribution >= 0.6 is 11.3 Å². The standard InChI is InChI=1S/C11H8N6S/c12-11-15-4-7(18-11)10-16-6-3-14-9-5(1-2-13-9)8(6)17-10/h1-4H,(H2,12,15)(H,13,14)(H,16,17). The lowest BCUT2D eigenvalue weighted by molar-refractivity contribution is 1.32. The van der Waals surface area contributed by atoms with Crippen LogP contribution in [0.3, 0.4) is 0 Å². The minimum atomic E-state index is 0.537. The van der Waals surface area contributed by atoms with Crippen molar-refractivity contribution in [3.63, 3.8) is 0 Å². The summed E-state index contributed by atoms with van der Waals surface area (Å²) in [5.74, 6) is 0.773.